The Kier molecular flexibility index (Phi) is 4.41. The summed E-state index contributed by atoms with van der Waals surface area (Å²) in [6.07, 6.45) is 4.57. The average molecular weight is 346 g/mol. The molecule has 24 heavy (non-hydrogen) atoms. The third-order valence-electron chi connectivity index (χ3n) is 4.52. The minimum Gasteiger partial charge on any atom is -0.354 e. The highest BCUT2D eigenvalue weighted by atomic mass is 32.2. The van der Waals surface area contributed by atoms with Gasteiger partial charge in [-0.25, -0.2) is 9.97 Å². The van der Waals surface area contributed by atoms with Crippen LogP contribution in [0.1, 0.15) is 36.2 Å². The van der Waals surface area contributed by atoms with Crippen LogP contribution in [0, 0.1) is 6.92 Å². The highest BCUT2D eigenvalue weighted by Crippen LogP contribution is 2.40. The molecule has 2 fully saturated rings. The molecule has 2 aliphatic rings. The van der Waals surface area contributed by atoms with Crippen molar-refractivity contribution in [3.8, 4) is 0 Å². The van der Waals surface area contributed by atoms with Gasteiger partial charge in [0.1, 0.15) is 5.82 Å². The summed E-state index contributed by atoms with van der Waals surface area (Å²) in [7, 11) is 0. The average Bonchev–Trinajstić information content (AvgIpc) is 3.38. The van der Waals surface area contributed by atoms with E-state index < -0.39 is 0 Å². The molecule has 0 atom stereocenters. The van der Waals surface area contributed by atoms with Crippen molar-refractivity contribution >= 4 is 17.6 Å². The lowest BCUT2D eigenvalue weighted by molar-refractivity contribution is 0.239. The number of nitrogens with zero attached hydrogens (tertiary/aromatic N) is 6. The first-order valence-corrected chi connectivity index (χ1v) is 9.63. The van der Waals surface area contributed by atoms with Crippen molar-refractivity contribution in [1.82, 2.24) is 25.0 Å². The molecule has 128 valence electrons. The molecule has 1 saturated heterocycles. The minimum atomic E-state index is 0.627. The van der Waals surface area contributed by atoms with Crippen LogP contribution in [0.15, 0.2) is 15.7 Å². The molecule has 2 aromatic rings. The number of piperazine rings is 1. The van der Waals surface area contributed by atoms with Gasteiger partial charge in [-0.1, -0.05) is 16.9 Å². The van der Waals surface area contributed by atoms with Gasteiger partial charge in [0.25, 0.3) is 0 Å². The van der Waals surface area contributed by atoms with Crippen LogP contribution in [0.5, 0.6) is 0 Å². The Morgan fingerprint density at radius 3 is 2.58 bits per heavy atom. The summed E-state index contributed by atoms with van der Waals surface area (Å²) < 4.78 is 5.05. The number of thioether (sulfide) groups is 1. The lowest BCUT2D eigenvalue weighted by Crippen LogP contribution is -2.46. The van der Waals surface area contributed by atoms with E-state index >= 15 is 0 Å². The molecule has 2 aromatic heterocycles. The lowest BCUT2D eigenvalue weighted by Gasteiger charge is -2.35. The molecule has 0 amide bonds. The summed E-state index contributed by atoms with van der Waals surface area (Å²) >= 11 is 1.62. The van der Waals surface area contributed by atoms with Crippen LogP contribution in [0.4, 0.5) is 5.82 Å². The van der Waals surface area contributed by atoms with Gasteiger partial charge in [0.05, 0.1) is 12.2 Å². The predicted molar refractivity (Wildman–Crippen MR) is 92.3 cm³/mol. The molecule has 8 heteroatoms. The Labute approximate surface area is 145 Å². The summed E-state index contributed by atoms with van der Waals surface area (Å²) in [5.74, 6) is 3.12. The summed E-state index contributed by atoms with van der Waals surface area (Å²) in [4.78, 5) is 18.4. The summed E-state index contributed by atoms with van der Waals surface area (Å²) in [5.41, 5.74) is 1.22. The molecule has 0 N–H and O–H groups in total. The second-order valence-corrected chi connectivity index (χ2v) is 7.18. The van der Waals surface area contributed by atoms with E-state index in [0.29, 0.717) is 11.8 Å². The van der Waals surface area contributed by atoms with Crippen LogP contribution in [-0.2, 0) is 6.54 Å². The Bertz CT molecular complexity index is 708. The van der Waals surface area contributed by atoms with E-state index in [2.05, 4.69) is 31.0 Å². The lowest BCUT2D eigenvalue weighted by atomic mass is 10.2. The molecule has 1 saturated carbocycles. The van der Waals surface area contributed by atoms with Crippen LogP contribution in [0.25, 0.3) is 0 Å². The molecule has 0 radical (unpaired) electrons. The van der Waals surface area contributed by atoms with Crippen molar-refractivity contribution in [3.63, 3.8) is 0 Å². The van der Waals surface area contributed by atoms with E-state index in [1.54, 1.807) is 11.8 Å². The van der Waals surface area contributed by atoms with Crippen LogP contribution < -0.4 is 4.90 Å². The van der Waals surface area contributed by atoms with Crippen molar-refractivity contribution in [2.45, 2.75) is 37.4 Å². The van der Waals surface area contributed by atoms with Gasteiger partial charge in [-0.05, 0) is 19.1 Å². The third kappa shape index (κ3) is 3.54. The molecular formula is C16H22N6OS. The number of rotatable bonds is 5. The number of aryl methyl sites for hydroxylation is 1. The third-order valence-corrected chi connectivity index (χ3v) is 5.07. The fourth-order valence-corrected chi connectivity index (χ4v) is 3.39. The van der Waals surface area contributed by atoms with Gasteiger partial charge in [-0.2, -0.15) is 4.98 Å². The fourth-order valence-electron chi connectivity index (χ4n) is 3.01. The quantitative estimate of drug-likeness (QED) is 0.602. The first-order valence-electron chi connectivity index (χ1n) is 8.41. The van der Waals surface area contributed by atoms with Crippen molar-refractivity contribution < 1.29 is 4.52 Å². The number of hydrogen-bond donors (Lipinski definition) is 0. The molecule has 0 bridgehead atoms. The van der Waals surface area contributed by atoms with Gasteiger partial charge in [-0.15, -0.1) is 0 Å². The van der Waals surface area contributed by atoms with Crippen molar-refractivity contribution in [1.29, 1.82) is 0 Å². The van der Waals surface area contributed by atoms with E-state index in [0.717, 1.165) is 49.5 Å². The monoisotopic (exact) mass is 346 g/mol. The SMILES string of the molecule is CSc1nc(C2CC2)cc(N2CCN(Cc3noc(C)n3)CC2)n1. The van der Waals surface area contributed by atoms with Crippen LogP contribution in [0.3, 0.4) is 0 Å². The zero-order valence-corrected chi connectivity index (χ0v) is 14.9. The highest BCUT2D eigenvalue weighted by molar-refractivity contribution is 7.98. The molecule has 0 unspecified atom stereocenters. The molecule has 0 aromatic carbocycles. The molecule has 1 aliphatic heterocycles. The van der Waals surface area contributed by atoms with Gasteiger partial charge in [-0.3, -0.25) is 4.90 Å². The van der Waals surface area contributed by atoms with Gasteiger partial charge in [0, 0.05) is 45.1 Å². The number of anilines is 1. The summed E-state index contributed by atoms with van der Waals surface area (Å²) in [5, 5.41) is 4.87. The predicted octanol–water partition coefficient (Wildman–Crippen LogP) is 2.09. The first-order chi connectivity index (χ1) is 11.7. The Morgan fingerprint density at radius 2 is 1.96 bits per heavy atom. The Balaban J connectivity index is 1.41. The zero-order valence-electron chi connectivity index (χ0n) is 14.1. The number of aromatic nitrogens is 4. The van der Waals surface area contributed by atoms with Gasteiger partial charge < -0.3 is 9.42 Å². The Morgan fingerprint density at radius 1 is 1.17 bits per heavy atom. The largest absolute Gasteiger partial charge is 0.354 e. The minimum absolute atomic E-state index is 0.627. The highest BCUT2D eigenvalue weighted by Gasteiger charge is 2.27. The standard InChI is InChI=1S/C16H22N6OS/c1-11-17-14(20-23-11)10-21-5-7-22(8-6-21)15-9-13(12-3-4-12)18-16(19-15)24-2/h9,12H,3-8,10H2,1-2H3. The van der Waals surface area contributed by atoms with Gasteiger partial charge in [0.15, 0.2) is 11.0 Å². The van der Waals surface area contributed by atoms with E-state index in [4.69, 9.17) is 9.51 Å². The smallest absolute Gasteiger partial charge is 0.223 e. The zero-order chi connectivity index (χ0) is 16.5. The maximum Gasteiger partial charge on any atom is 0.223 e. The summed E-state index contributed by atoms with van der Waals surface area (Å²) in [6.45, 7) is 6.45. The fraction of sp³-hybridized carbons (Fsp3) is 0.625. The summed E-state index contributed by atoms with van der Waals surface area (Å²) in [6, 6.07) is 2.19. The van der Waals surface area contributed by atoms with Gasteiger partial charge >= 0.3 is 0 Å². The second-order valence-electron chi connectivity index (χ2n) is 6.40. The first kappa shape index (κ1) is 15.8. The van der Waals surface area contributed by atoms with Crippen LogP contribution in [-0.4, -0.2) is 57.4 Å². The molecular weight excluding hydrogens is 324 g/mol. The second kappa shape index (κ2) is 6.68. The number of hydrogen-bond acceptors (Lipinski definition) is 8. The maximum atomic E-state index is 5.05. The van der Waals surface area contributed by atoms with E-state index in [1.165, 1.54) is 18.5 Å². The van der Waals surface area contributed by atoms with Gasteiger partial charge in [0.2, 0.25) is 5.89 Å². The van der Waals surface area contributed by atoms with Crippen molar-refractivity contribution in [2.24, 2.45) is 0 Å². The van der Waals surface area contributed by atoms with E-state index in [1.807, 2.05) is 13.2 Å². The van der Waals surface area contributed by atoms with Crippen molar-refractivity contribution in [3.05, 3.63) is 23.5 Å². The van der Waals surface area contributed by atoms with Crippen LogP contribution in [0.2, 0.25) is 0 Å². The topological polar surface area (TPSA) is 71.2 Å². The molecule has 0 spiro atoms. The maximum absolute atomic E-state index is 5.05. The van der Waals surface area contributed by atoms with E-state index in [9.17, 15) is 0 Å². The molecule has 4 rings (SSSR count). The molecule has 7 nitrogen and oxygen atoms in total. The molecule has 3 heterocycles. The van der Waals surface area contributed by atoms with E-state index in [-0.39, 0.29) is 0 Å². The Hall–Kier alpha value is -1.67. The molecule has 1 aliphatic carbocycles. The van der Waals surface area contributed by atoms with Crippen LogP contribution >= 0.6 is 11.8 Å². The van der Waals surface area contributed by atoms with Crippen molar-refractivity contribution in [2.75, 3.05) is 37.3 Å². The normalized spacial score (nSPS) is 19.0.